The zero-order valence-electron chi connectivity index (χ0n) is 23.0. The molecule has 9 nitrogen and oxygen atoms in total. The highest BCUT2D eigenvalue weighted by atomic mass is 32.2. The van der Waals surface area contributed by atoms with Gasteiger partial charge in [0.1, 0.15) is 12.3 Å². The first kappa shape index (κ1) is 29.4. The number of hydrogen-bond donors (Lipinski definition) is 2. The van der Waals surface area contributed by atoms with Crippen LogP contribution < -0.4 is 19.8 Å². The molecule has 0 aliphatic heterocycles. The van der Waals surface area contributed by atoms with Gasteiger partial charge in [-0.3, -0.25) is 13.9 Å². The molecule has 0 unspecified atom stereocenters. The van der Waals surface area contributed by atoms with E-state index < -0.39 is 22.5 Å². The molecule has 3 rings (SSSR count). The molecule has 3 aromatic rings. The van der Waals surface area contributed by atoms with Gasteiger partial charge in [-0.15, -0.1) is 0 Å². The molecule has 10 heteroatoms. The summed E-state index contributed by atoms with van der Waals surface area (Å²) in [7, 11) is -2.65. The van der Waals surface area contributed by atoms with Gasteiger partial charge in [0, 0.05) is 12.6 Å². The van der Waals surface area contributed by atoms with Crippen LogP contribution in [0.5, 0.6) is 5.75 Å². The van der Waals surface area contributed by atoms with Crippen LogP contribution in [0.2, 0.25) is 0 Å². The van der Waals surface area contributed by atoms with Crippen LogP contribution in [0.1, 0.15) is 45.7 Å². The lowest BCUT2D eigenvalue weighted by Gasteiger charge is -2.24. The molecule has 0 saturated carbocycles. The van der Waals surface area contributed by atoms with E-state index in [4.69, 9.17) is 4.74 Å². The van der Waals surface area contributed by atoms with Crippen molar-refractivity contribution in [1.82, 2.24) is 5.43 Å². The van der Waals surface area contributed by atoms with Crippen molar-refractivity contribution in [2.45, 2.75) is 44.9 Å². The van der Waals surface area contributed by atoms with Crippen molar-refractivity contribution < 1.29 is 22.7 Å². The van der Waals surface area contributed by atoms with Gasteiger partial charge in [-0.2, -0.15) is 5.10 Å². The number of sulfonamides is 1. The summed E-state index contributed by atoms with van der Waals surface area (Å²) in [6.45, 7) is 9.00. The van der Waals surface area contributed by atoms with Crippen molar-refractivity contribution >= 4 is 38.9 Å². The molecule has 0 fully saturated rings. The summed E-state index contributed by atoms with van der Waals surface area (Å²) in [5, 5.41) is 6.79. The molecule has 2 N–H and O–H groups in total. The molecule has 0 spiro atoms. The summed E-state index contributed by atoms with van der Waals surface area (Å²) < 4.78 is 33.4. The number of amides is 2. The van der Waals surface area contributed by atoms with Gasteiger partial charge in [-0.05, 0) is 72.0 Å². The Morgan fingerprint density at radius 2 is 1.49 bits per heavy atom. The van der Waals surface area contributed by atoms with Crippen LogP contribution in [-0.2, 0) is 25.0 Å². The Morgan fingerprint density at radius 1 is 0.897 bits per heavy atom. The first-order valence-corrected chi connectivity index (χ1v) is 13.7. The highest BCUT2D eigenvalue weighted by molar-refractivity contribution is 7.92. The van der Waals surface area contributed by atoms with Crippen molar-refractivity contribution in [2.24, 2.45) is 5.10 Å². The number of carbonyl (C=O) groups is 2. The van der Waals surface area contributed by atoms with Crippen molar-refractivity contribution in [2.75, 3.05) is 23.3 Å². The van der Waals surface area contributed by atoms with Gasteiger partial charge in [0.2, 0.25) is 5.91 Å². The first-order valence-electron chi connectivity index (χ1n) is 12.3. The second-order valence-electron chi connectivity index (χ2n) is 9.97. The molecule has 39 heavy (non-hydrogen) atoms. The van der Waals surface area contributed by atoms with Crippen molar-refractivity contribution in [3.8, 4) is 5.75 Å². The molecule has 3 aromatic carbocycles. The number of ether oxygens (including phenoxy) is 1. The van der Waals surface area contributed by atoms with Gasteiger partial charge >= 0.3 is 0 Å². The van der Waals surface area contributed by atoms with E-state index in [0.29, 0.717) is 17.1 Å². The van der Waals surface area contributed by atoms with Gasteiger partial charge < -0.3 is 10.1 Å². The number of carbonyl (C=O) groups excluding carboxylic acids is 2. The molecule has 0 atom stereocenters. The van der Waals surface area contributed by atoms with Crippen LogP contribution in [0.25, 0.3) is 0 Å². The molecular formula is C29H34N4O5S. The zero-order chi connectivity index (χ0) is 28.8. The molecule has 0 aliphatic rings. The van der Waals surface area contributed by atoms with Crippen molar-refractivity contribution in [3.05, 3.63) is 83.9 Å². The fourth-order valence-corrected chi connectivity index (χ4v) is 5.11. The van der Waals surface area contributed by atoms with E-state index in [0.717, 1.165) is 9.87 Å². The monoisotopic (exact) mass is 550 g/mol. The SMILES string of the molecule is COc1ccc(N(CC(=O)N/N=C(/C)c2ccc(C(C)(C)C)cc2)S(=O)(=O)c2ccc(NC(C)=O)cc2)cc1. The van der Waals surface area contributed by atoms with E-state index in [1.54, 1.807) is 31.2 Å². The molecule has 206 valence electrons. The van der Waals surface area contributed by atoms with E-state index in [1.807, 2.05) is 24.3 Å². The maximum atomic E-state index is 13.6. The largest absolute Gasteiger partial charge is 0.497 e. The highest BCUT2D eigenvalue weighted by Gasteiger charge is 2.27. The second kappa shape index (κ2) is 12.1. The molecule has 0 aliphatic carbocycles. The maximum absolute atomic E-state index is 13.6. The number of nitrogens with one attached hydrogen (secondary N) is 2. The number of hydrazone groups is 1. The standard InChI is InChI=1S/C29H34N4O5S/c1-20(22-7-9-23(10-8-22)29(3,4)5)31-32-28(35)19-33(25-13-15-26(38-6)16-14-25)39(36,37)27-17-11-24(12-18-27)30-21(2)34/h7-18H,19H2,1-6H3,(H,30,34)(H,32,35)/b31-20-. The summed E-state index contributed by atoms with van der Waals surface area (Å²) >= 11 is 0. The summed E-state index contributed by atoms with van der Waals surface area (Å²) in [6, 6.07) is 20.0. The van der Waals surface area contributed by atoms with E-state index >= 15 is 0 Å². The first-order chi connectivity index (χ1) is 18.3. The average molecular weight is 551 g/mol. The normalized spacial score (nSPS) is 12.0. The van der Waals surface area contributed by atoms with E-state index in [2.05, 4.69) is 36.6 Å². The van der Waals surface area contributed by atoms with Gasteiger partial charge in [-0.1, -0.05) is 45.0 Å². The Balaban J connectivity index is 1.85. The number of methoxy groups -OCH3 is 1. The summed E-state index contributed by atoms with van der Waals surface area (Å²) in [6.07, 6.45) is 0. The van der Waals surface area contributed by atoms with Crippen LogP contribution in [0, 0.1) is 0 Å². The fraction of sp³-hybridized carbons (Fsp3) is 0.276. The Bertz CT molecular complexity index is 1440. The smallest absolute Gasteiger partial charge is 0.264 e. The minimum Gasteiger partial charge on any atom is -0.497 e. The Labute approximate surface area is 229 Å². The molecule has 2 amide bonds. The number of anilines is 2. The van der Waals surface area contributed by atoms with Crippen LogP contribution in [-0.4, -0.2) is 39.6 Å². The van der Waals surface area contributed by atoms with Gasteiger partial charge in [0.05, 0.1) is 23.4 Å². The molecule has 0 heterocycles. The Morgan fingerprint density at radius 3 is 2.00 bits per heavy atom. The minimum atomic E-state index is -4.15. The quantitative estimate of drug-likeness (QED) is 0.296. The molecule has 0 aromatic heterocycles. The lowest BCUT2D eigenvalue weighted by molar-refractivity contribution is -0.119. The average Bonchev–Trinajstić information content (AvgIpc) is 2.90. The topological polar surface area (TPSA) is 117 Å². The molecule has 0 saturated heterocycles. The number of nitrogens with zero attached hydrogens (tertiary/aromatic N) is 2. The van der Waals surface area contributed by atoms with Crippen LogP contribution in [0.15, 0.2) is 82.8 Å². The third kappa shape index (κ3) is 7.67. The lowest BCUT2D eigenvalue weighted by atomic mass is 9.86. The maximum Gasteiger partial charge on any atom is 0.264 e. The number of hydrogen-bond acceptors (Lipinski definition) is 6. The zero-order valence-corrected chi connectivity index (χ0v) is 23.8. The predicted molar refractivity (Wildman–Crippen MR) is 154 cm³/mol. The van der Waals surface area contributed by atoms with Crippen molar-refractivity contribution in [3.63, 3.8) is 0 Å². The fourth-order valence-electron chi connectivity index (χ4n) is 3.69. The molecular weight excluding hydrogens is 516 g/mol. The van der Waals surface area contributed by atoms with E-state index in [-0.39, 0.29) is 21.9 Å². The van der Waals surface area contributed by atoms with Crippen molar-refractivity contribution in [1.29, 1.82) is 0 Å². The number of rotatable bonds is 9. The third-order valence-electron chi connectivity index (χ3n) is 5.93. The summed E-state index contributed by atoms with van der Waals surface area (Å²) in [5.74, 6) is -0.351. The van der Waals surface area contributed by atoms with Gasteiger partial charge in [-0.25, -0.2) is 13.8 Å². The van der Waals surface area contributed by atoms with Gasteiger partial charge in [0.25, 0.3) is 15.9 Å². The Hall–Kier alpha value is -4.18. The van der Waals surface area contributed by atoms with E-state index in [9.17, 15) is 18.0 Å². The number of benzene rings is 3. The van der Waals surface area contributed by atoms with E-state index in [1.165, 1.54) is 43.9 Å². The summed E-state index contributed by atoms with van der Waals surface area (Å²) in [5.41, 5.74) is 5.80. The molecule has 0 radical (unpaired) electrons. The third-order valence-corrected chi connectivity index (χ3v) is 7.72. The lowest BCUT2D eigenvalue weighted by Crippen LogP contribution is -2.39. The van der Waals surface area contributed by atoms with Crippen LogP contribution in [0.4, 0.5) is 11.4 Å². The van der Waals surface area contributed by atoms with Gasteiger partial charge in [0.15, 0.2) is 0 Å². The second-order valence-corrected chi connectivity index (χ2v) is 11.8. The highest BCUT2D eigenvalue weighted by Crippen LogP contribution is 2.27. The van der Waals surface area contributed by atoms with Crippen LogP contribution >= 0.6 is 0 Å². The van der Waals surface area contributed by atoms with Crippen LogP contribution in [0.3, 0.4) is 0 Å². The molecule has 0 bridgehead atoms. The summed E-state index contributed by atoms with van der Waals surface area (Å²) in [4.78, 5) is 24.2. The minimum absolute atomic E-state index is 0.0124. The predicted octanol–water partition coefficient (Wildman–Crippen LogP) is 4.69. The Kier molecular flexibility index (Phi) is 9.13.